The van der Waals surface area contributed by atoms with Crippen molar-refractivity contribution < 1.29 is 24.7 Å². The Kier molecular flexibility index (Phi) is 6.91. The molecule has 21 heavy (non-hydrogen) atoms. The molecule has 1 aliphatic heterocycles. The first kappa shape index (κ1) is 17.7. The summed E-state index contributed by atoms with van der Waals surface area (Å²) >= 11 is 0. The number of quaternary nitrogens is 1. The SMILES string of the molecule is CC(C)(C)OC(=O)NCC[NH2+]C[C@H](O)CN1CCCC1=O. The summed E-state index contributed by atoms with van der Waals surface area (Å²) in [7, 11) is 0. The number of likely N-dealkylation sites (tertiary alicyclic amines) is 1. The molecule has 1 atom stereocenters. The normalized spacial score (nSPS) is 17.0. The lowest BCUT2D eigenvalue weighted by atomic mass is 10.2. The fourth-order valence-corrected chi connectivity index (χ4v) is 2.13. The third kappa shape index (κ3) is 7.87. The Morgan fingerprint density at radius 1 is 1.52 bits per heavy atom. The first-order valence-electron chi connectivity index (χ1n) is 7.52. The highest BCUT2D eigenvalue weighted by Crippen LogP contribution is 2.09. The maximum absolute atomic E-state index is 11.4. The lowest BCUT2D eigenvalue weighted by molar-refractivity contribution is -0.659. The molecule has 0 bridgehead atoms. The highest BCUT2D eigenvalue weighted by Gasteiger charge is 2.23. The average Bonchev–Trinajstić information content (AvgIpc) is 2.72. The molecule has 0 spiro atoms. The van der Waals surface area contributed by atoms with E-state index in [4.69, 9.17) is 4.74 Å². The number of hydrogen-bond donors (Lipinski definition) is 3. The fraction of sp³-hybridized carbons (Fsp3) is 0.857. The molecule has 122 valence electrons. The van der Waals surface area contributed by atoms with Crippen molar-refractivity contribution in [3.8, 4) is 0 Å². The summed E-state index contributed by atoms with van der Waals surface area (Å²) in [6, 6.07) is 0. The number of β-amino-alcohol motifs (C(OH)–C–C–N with tert-alkyl or cyclic N) is 1. The second kappa shape index (κ2) is 8.19. The lowest BCUT2D eigenvalue weighted by Crippen LogP contribution is -2.88. The molecular formula is C14H28N3O4+. The minimum Gasteiger partial charge on any atom is -0.444 e. The van der Waals surface area contributed by atoms with E-state index in [-0.39, 0.29) is 5.91 Å². The van der Waals surface area contributed by atoms with Crippen LogP contribution in [0.3, 0.4) is 0 Å². The molecule has 2 amide bonds. The van der Waals surface area contributed by atoms with Gasteiger partial charge in [0.1, 0.15) is 18.2 Å². The predicted octanol–water partition coefficient (Wildman–Crippen LogP) is -0.942. The smallest absolute Gasteiger partial charge is 0.407 e. The molecule has 1 saturated heterocycles. The number of rotatable bonds is 7. The van der Waals surface area contributed by atoms with Gasteiger partial charge in [-0.1, -0.05) is 0 Å². The van der Waals surface area contributed by atoms with Gasteiger partial charge in [0.15, 0.2) is 0 Å². The highest BCUT2D eigenvalue weighted by molar-refractivity contribution is 5.78. The zero-order valence-corrected chi connectivity index (χ0v) is 13.2. The molecule has 7 heteroatoms. The summed E-state index contributed by atoms with van der Waals surface area (Å²) < 4.78 is 5.11. The number of nitrogens with one attached hydrogen (secondary N) is 1. The third-order valence-electron chi connectivity index (χ3n) is 3.06. The average molecular weight is 302 g/mol. The van der Waals surface area contributed by atoms with Crippen LogP contribution in [0.4, 0.5) is 4.79 Å². The van der Waals surface area contributed by atoms with Crippen molar-refractivity contribution in [1.29, 1.82) is 0 Å². The van der Waals surface area contributed by atoms with E-state index in [1.807, 2.05) is 26.1 Å². The number of ether oxygens (including phenoxy) is 1. The number of carbonyl (C=O) groups is 2. The molecule has 0 aromatic rings. The van der Waals surface area contributed by atoms with E-state index < -0.39 is 17.8 Å². The van der Waals surface area contributed by atoms with Gasteiger partial charge < -0.3 is 25.4 Å². The predicted molar refractivity (Wildman–Crippen MR) is 77.7 cm³/mol. The van der Waals surface area contributed by atoms with Gasteiger partial charge in [-0.3, -0.25) is 4.79 Å². The molecule has 0 unspecified atom stereocenters. The number of hydrogen-bond acceptors (Lipinski definition) is 4. The van der Waals surface area contributed by atoms with Crippen molar-refractivity contribution in [3.63, 3.8) is 0 Å². The second-order valence-corrected chi connectivity index (χ2v) is 6.34. The third-order valence-corrected chi connectivity index (χ3v) is 3.06. The topological polar surface area (TPSA) is 95.5 Å². The van der Waals surface area contributed by atoms with Gasteiger partial charge in [0.05, 0.1) is 19.6 Å². The quantitative estimate of drug-likeness (QED) is 0.529. The van der Waals surface area contributed by atoms with Crippen molar-refractivity contribution >= 4 is 12.0 Å². The zero-order valence-electron chi connectivity index (χ0n) is 13.2. The number of carbonyl (C=O) groups excluding carboxylic acids is 2. The van der Waals surface area contributed by atoms with E-state index in [1.165, 1.54) is 0 Å². The van der Waals surface area contributed by atoms with Crippen LogP contribution in [0.2, 0.25) is 0 Å². The van der Waals surface area contributed by atoms with Crippen LogP contribution >= 0.6 is 0 Å². The van der Waals surface area contributed by atoms with Crippen molar-refractivity contribution in [2.45, 2.75) is 45.3 Å². The van der Waals surface area contributed by atoms with Crippen LogP contribution in [0.5, 0.6) is 0 Å². The van der Waals surface area contributed by atoms with Gasteiger partial charge in [-0.15, -0.1) is 0 Å². The number of aliphatic hydroxyl groups is 1. The van der Waals surface area contributed by atoms with Gasteiger partial charge in [-0.2, -0.15) is 0 Å². The summed E-state index contributed by atoms with van der Waals surface area (Å²) in [5, 5.41) is 14.4. The molecule has 1 aliphatic rings. The molecule has 0 saturated carbocycles. The van der Waals surface area contributed by atoms with E-state index in [1.54, 1.807) is 4.90 Å². The monoisotopic (exact) mass is 302 g/mol. The van der Waals surface area contributed by atoms with Crippen LogP contribution in [-0.2, 0) is 9.53 Å². The molecule has 1 fully saturated rings. The van der Waals surface area contributed by atoms with E-state index in [9.17, 15) is 14.7 Å². The Morgan fingerprint density at radius 3 is 2.81 bits per heavy atom. The zero-order chi connectivity index (χ0) is 15.9. The van der Waals surface area contributed by atoms with Crippen LogP contribution < -0.4 is 10.6 Å². The minimum atomic E-state index is -0.534. The molecule has 0 aromatic heterocycles. The summed E-state index contributed by atoms with van der Waals surface area (Å²) in [5.41, 5.74) is -0.494. The number of nitrogens with zero attached hydrogens (tertiary/aromatic N) is 1. The van der Waals surface area contributed by atoms with Gasteiger partial charge in [0.2, 0.25) is 5.91 Å². The highest BCUT2D eigenvalue weighted by atomic mass is 16.6. The van der Waals surface area contributed by atoms with Crippen LogP contribution in [0, 0.1) is 0 Å². The molecule has 7 nitrogen and oxygen atoms in total. The van der Waals surface area contributed by atoms with Gasteiger partial charge in [0.25, 0.3) is 0 Å². The van der Waals surface area contributed by atoms with Gasteiger partial charge in [-0.05, 0) is 27.2 Å². The minimum absolute atomic E-state index is 0.126. The van der Waals surface area contributed by atoms with Gasteiger partial charge in [0, 0.05) is 13.0 Å². The van der Waals surface area contributed by atoms with Crippen LogP contribution in [0.1, 0.15) is 33.6 Å². The first-order valence-corrected chi connectivity index (χ1v) is 7.52. The molecule has 1 heterocycles. The van der Waals surface area contributed by atoms with E-state index in [0.29, 0.717) is 32.6 Å². The Hall–Kier alpha value is -1.34. The van der Waals surface area contributed by atoms with E-state index in [2.05, 4.69) is 5.32 Å². The number of aliphatic hydroxyl groups excluding tert-OH is 1. The van der Waals surface area contributed by atoms with Crippen molar-refractivity contribution in [2.75, 3.05) is 32.7 Å². The fourth-order valence-electron chi connectivity index (χ4n) is 2.13. The maximum atomic E-state index is 11.4. The summed E-state index contributed by atoms with van der Waals surface area (Å²) in [4.78, 5) is 24.5. The standard InChI is InChI=1S/C14H27N3O4/c1-14(2,3)21-13(20)16-7-6-15-9-11(18)10-17-8-4-5-12(17)19/h11,15,18H,4-10H2,1-3H3,(H,16,20)/p+1/t11-/m0/s1. The Balaban J connectivity index is 2.03. The maximum Gasteiger partial charge on any atom is 0.407 e. The molecule has 0 aromatic carbocycles. The summed E-state index contributed by atoms with van der Waals surface area (Å²) in [6.45, 7) is 8.23. The number of nitrogens with two attached hydrogens (primary N) is 1. The van der Waals surface area contributed by atoms with Crippen molar-refractivity contribution in [3.05, 3.63) is 0 Å². The molecule has 0 radical (unpaired) electrons. The lowest BCUT2D eigenvalue weighted by Gasteiger charge is -2.20. The van der Waals surface area contributed by atoms with Gasteiger partial charge in [-0.25, -0.2) is 4.79 Å². The van der Waals surface area contributed by atoms with Crippen molar-refractivity contribution in [2.24, 2.45) is 0 Å². The second-order valence-electron chi connectivity index (χ2n) is 6.34. The molecule has 0 aliphatic carbocycles. The number of alkyl carbamates (subject to hydrolysis) is 1. The Morgan fingerprint density at radius 2 is 2.24 bits per heavy atom. The van der Waals surface area contributed by atoms with Gasteiger partial charge >= 0.3 is 6.09 Å². The molecule has 4 N–H and O–H groups in total. The molecular weight excluding hydrogens is 274 g/mol. The largest absolute Gasteiger partial charge is 0.444 e. The Labute approximate surface area is 126 Å². The van der Waals surface area contributed by atoms with E-state index in [0.717, 1.165) is 13.0 Å². The van der Waals surface area contributed by atoms with Crippen LogP contribution in [0.25, 0.3) is 0 Å². The van der Waals surface area contributed by atoms with Crippen molar-refractivity contribution in [1.82, 2.24) is 10.2 Å². The summed E-state index contributed by atoms with van der Waals surface area (Å²) in [6.07, 6.45) is 0.512. The number of amides is 2. The molecule has 1 rings (SSSR count). The van der Waals surface area contributed by atoms with E-state index >= 15 is 0 Å². The Bertz CT molecular complexity index is 355. The first-order chi connectivity index (χ1) is 9.78. The van der Waals surface area contributed by atoms with Crippen LogP contribution in [-0.4, -0.2) is 66.4 Å². The summed E-state index contributed by atoms with van der Waals surface area (Å²) in [5.74, 6) is 0.126. The van der Waals surface area contributed by atoms with Crippen LogP contribution in [0.15, 0.2) is 0 Å².